The van der Waals surface area contributed by atoms with E-state index >= 15 is 0 Å². The van der Waals surface area contributed by atoms with Crippen molar-refractivity contribution in [3.63, 3.8) is 0 Å². The lowest BCUT2D eigenvalue weighted by Gasteiger charge is -2.12. The van der Waals surface area contributed by atoms with Crippen molar-refractivity contribution in [2.24, 2.45) is 11.0 Å². The molecule has 2 amide bonds. The molecule has 0 aliphatic heterocycles. The standard InChI is InChI=1S/C12H21N3O2/c1-9(2)8-13-11(16)12(17)15-14-10-6-4-3-5-7-10/h9H,3-8H2,1-2H3,(H,13,16)(H,15,17). The van der Waals surface area contributed by atoms with Crippen LogP contribution in [0.2, 0.25) is 0 Å². The first-order chi connectivity index (χ1) is 8.09. The van der Waals surface area contributed by atoms with Gasteiger partial charge in [-0.05, 0) is 31.6 Å². The number of amides is 2. The fraction of sp³-hybridized carbons (Fsp3) is 0.750. The zero-order chi connectivity index (χ0) is 12.7. The molecule has 0 unspecified atom stereocenters. The minimum atomic E-state index is -0.677. The van der Waals surface area contributed by atoms with Crippen LogP contribution in [0.1, 0.15) is 46.0 Å². The molecule has 0 atom stereocenters. The third kappa shape index (κ3) is 5.47. The molecule has 0 bridgehead atoms. The molecule has 17 heavy (non-hydrogen) atoms. The van der Waals surface area contributed by atoms with Crippen molar-refractivity contribution in [3.05, 3.63) is 0 Å². The van der Waals surface area contributed by atoms with Crippen LogP contribution < -0.4 is 10.7 Å². The molecule has 1 aliphatic carbocycles. The summed E-state index contributed by atoms with van der Waals surface area (Å²) < 4.78 is 0. The highest BCUT2D eigenvalue weighted by molar-refractivity contribution is 6.35. The number of carbonyl (C=O) groups excluding carboxylic acids is 2. The highest BCUT2D eigenvalue weighted by atomic mass is 16.2. The predicted molar refractivity (Wildman–Crippen MR) is 66.5 cm³/mol. The molecule has 1 rings (SSSR count). The van der Waals surface area contributed by atoms with Gasteiger partial charge in [0.15, 0.2) is 0 Å². The number of nitrogens with one attached hydrogen (secondary N) is 2. The van der Waals surface area contributed by atoms with Crippen molar-refractivity contribution < 1.29 is 9.59 Å². The van der Waals surface area contributed by atoms with Crippen LogP contribution in [0.25, 0.3) is 0 Å². The van der Waals surface area contributed by atoms with E-state index in [1.54, 1.807) is 0 Å². The van der Waals surface area contributed by atoms with Crippen LogP contribution in [-0.4, -0.2) is 24.1 Å². The Morgan fingerprint density at radius 3 is 2.41 bits per heavy atom. The molecule has 1 fully saturated rings. The van der Waals surface area contributed by atoms with Crippen LogP contribution in [-0.2, 0) is 9.59 Å². The number of hydrogen-bond acceptors (Lipinski definition) is 3. The fourth-order valence-corrected chi connectivity index (χ4v) is 1.63. The molecule has 0 spiro atoms. The van der Waals surface area contributed by atoms with Crippen LogP contribution in [0.4, 0.5) is 0 Å². The average molecular weight is 239 g/mol. The Kier molecular flexibility index (Phi) is 5.66. The van der Waals surface area contributed by atoms with Crippen LogP contribution in [0.5, 0.6) is 0 Å². The van der Waals surface area contributed by atoms with Crippen LogP contribution >= 0.6 is 0 Å². The molecule has 5 heteroatoms. The number of hydrazone groups is 1. The van der Waals surface area contributed by atoms with E-state index in [1.165, 1.54) is 6.42 Å². The van der Waals surface area contributed by atoms with Gasteiger partial charge in [-0.1, -0.05) is 20.3 Å². The lowest BCUT2D eigenvalue weighted by molar-refractivity contribution is -0.139. The second-order valence-electron chi connectivity index (χ2n) is 4.78. The van der Waals surface area contributed by atoms with E-state index in [-0.39, 0.29) is 0 Å². The summed E-state index contributed by atoms with van der Waals surface area (Å²) in [6.45, 7) is 4.45. The van der Waals surface area contributed by atoms with Crippen molar-refractivity contribution >= 4 is 17.5 Å². The maximum Gasteiger partial charge on any atom is 0.329 e. The first-order valence-corrected chi connectivity index (χ1v) is 6.23. The molecule has 0 heterocycles. The summed E-state index contributed by atoms with van der Waals surface area (Å²) in [6, 6.07) is 0. The Labute approximate surface area is 102 Å². The number of rotatable bonds is 3. The lowest BCUT2D eigenvalue weighted by Crippen LogP contribution is -2.39. The Bertz CT molecular complexity index is 303. The zero-order valence-electron chi connectivity index (χ0n) is 10.6. The van der Waals surface area contributed by atoms with Crippen molar-refractivity contribution in [2.75, 3.05) is 6.54 Å². The predicted octanol–water partition coefficient (Wildman–Crippen LogP) is 1.19. The smallest absolute Gasteiger partial charge is 0.329 e. The van der Waals surface area contributed by atoms with E-state index in [2.05, 4.69) is 15.8 Å². The first-order valence-electron chi connectivity index (χ1n) is 6.23. The Balaban J connectivity index is 2.30. The second-order valence-corrected chi connectivity index (χ2v) is 4.78. The summed E-state index contributed by atoms with van der Waals surface area (Å²) in [4.78, 5) is 22.7. The van der Waals surface area contributed by atoms with Crippen molar-refractivity contribution in [1.29, 1.82) is 0 Å². The highest BCUT2D eigenvalue weighted by Gasteiger charge is 2.13. The Hall–Kier alpha value is -1.39. The van der Waals surface area contributed by atoms with Gasteiger partial charge < -0.3 is 5.32 Å². The van der Waals surface area contributed by atoms with Crippen LogP contribution in [0, 0.1) is 5.92 Å². The van der Waals surface area contributed by atoms with Crippen LogP contribution in [0.3, 0.4) is 0 Å². The fourth-order valence-electron chi connectivity index (χ4n) is 1.63. The van der Waals surface area contributed by atoms with Crippen molar-refractivity contribution in [2.45, 2.75) is 46.0 Å². The molecule has 0 saturated heterocycles. The largest absolute Gasteiger partial charge is 0.348 e. The SMILES string of the molecule is CC(C)CNC(=O)C(=O)NN=C1CCCCC1. The molecule has 0 radical (unpaired) electrons. The molecule has 0 aromatic heterocycles. The summed E-state index contributed by atoms with van der Waals surface area (Å²) in [5.41, 5.74) is 3.30. The molecular weight excluding hydrogens is 218 g/mol. The molecule has 2 N–H and O–H groups in total. The van der Waals surface area contributed by atoms with E-state index in [4.69, 9.17) is 0 Å². The van der Waals surface area contributed by atoms with E-state index in [0.29, 0.717) is 12.5 Å². The van der Waals surface area contributed by atoms with Gasteiger partial charge in [0.2, 0.25) is 0 Å². The molecule has 1 saturated carbocycles. The van der Waals surface area contributed by atoms with Gasteiger partial charge in [-0.2, -0.15) is 5.10 Å². The third-order valence-electron chi connectivity index (χ3n) is 2.62. The van der Waals surface area contributed by atoms with Gasteiger partial charge in [0, 0.05) is 12.3 Å². The number of nitrogens with zero attached hydrogens (tertiary/aromatic N) is 1. The Morgan fingerprint density at radius 1 is 1.18 bits per heavy atom. The van der Waals surface area contributed by atoms with E-state index in [9.17, 15) is 9.59 Å². The summed E-state index contributed by atoms with van der Waals surface area (Å²) >= 11 is 0. The van der Waals surface area contributed by atoms with Gasteiger partial charge in [-0.3, -0.25) is 9.59 Å². The normalized spacial score (nSPS) is 15.6. The monoisotopic (exact) mass is 239 g/mol. The topological polar surface area (TPSA) is 70.6 Å². The summed E-state index contributed by atoms with van der Waals surface area (Å²) in [7, 11) is 0. The molecule has 0 aromatic carbocycles. The molecule has 1 aliphatic rings. The van der Waals surface area contributed by atoms with Crippen molar-refractivity contribution in [1.82, 2.24) is 10.7 Å². The molecule has 96 valence electrons. The van der Waals surface area contributed by atoms with Gasteiger partial charge >= 0.3 is 11.8 Å². The highest BCUT2D eigenvalue weighted by Crippen LogP contribution is 2.13. The molecule has 0 aromatic rings. The maximum absolute atomic E-state index is 11.4. The number of carbonyl (C=O) groups is 2. The minimum Gasteiger partial charge on any atom is -0.348 e. The second kappa shape index (κ2) is 7.04. The van der Waals surface area contributed by atoms with Gasteiger partial charge in [0.05, 0.1) is 0 Å². The van der Waals surface area contributed by atoms with Crippen molar-refractivity contribution in [3.8, 4) is 0 Å². The van der Waals surface area contributed by atoms with E-state index < -0.39 is 11.8 Å². The van der Waals surface area contributed by atoms with Gasteiger partial charge in [-0.15, -0.1) is 0 Å². The molecule has 5 nitrogen and oxygen atoms in total. The lowest BCUT2D eigenvalue weighted by atomic mass is 9.99. The molecular formula is C12H21N3O2. The quantitative estimate of drug-likeness (QED) is 0.574. The Morgan fingerprint density at radius 2 is 1.82 bits per heavy atom. The summed E-state index contributed by atoms with van der Waals surface area (Å²) in [5.74, 6) is -0.959. The minimum absolute atomic E-state index is 0.330. The van der Waals surface area contributed by atoms with E-state index in [1.807, 2.05) is 13.8 Å². The maximum atomic E-state index is 11.4. The van der Waals surface area contributed by atoms with Gasteiger partial charge in [0.25, 0.3) is 0 Å². The van der Waals surface area contributed by atoms with Gasteiger partial charge in [-0.25, -0.2) is 5.43 Å². The van der Waals surface area contributed by atoms with Gasteiger partial charge in [0.1, 0.15) is 0 Å². The first kappa shape index (κ1) is 13.7. The third-order valence-corrected chi connectivity index (χ3v) is 2.62. The zero-order valence-corrected chi connectivity index (χ0v) is 10.6. The number of hydrogen-bond donors (Lipinski definition) is 2. The van der Waals surface area contributed by atoms with E-state index in [0.717, 1.165) is 31.4 Å². The average Bonchev–Trinajstić information content (AvgIpc) is 2.34. The summed E-state index contributed by atoms with van der Waals surface area (Å²) in [6.07, 6.45) is 5.31. The van der Waals surface area contributed by atoms with Crippen LogP contribution in [0.15, 0.2) is 5.10 Å². The summed E-state index contributed by atoms with van der Waals surface area (Å²) in [5, 5.41) is 6.54.